The number of fused-ring (bicyclic) bond motifs is 3. The summed E-state index contributed by atoms with van der Waals surface area (Å²) >= 11 is 0. The summed E-state index contributed by atoms with van der Waals surface area (Å²) in [5, 5.41) is 2.80. The van der Waals surface area contributed by atoms with E-state index in [0.717, 1.165) is 51.7 Å². The normalized spacial score (nSPS) is 20.0. The van der Waals surface area contributed by atoms with Gasteiger partial charge in [0.05, 0.1) is 12.8 Å². The van der Waals surface area contributed by atoms with Crippen molar-refractivity contribution in [3.8, 4) is 0 Å². The number of benzene rings is 3. The molecular formula is C38H37FeN2O3P+2. The van der Waals surface area contributed by atoms with E-state index in [0.29, 0.717) is 6.54 Å². The number of nitrogens with one attached hydrogen (secondary N) is 1. The van der Waals surface area contributed by atoms with E-state index in [1.807, 2.05) is 118 Å². The molecule has 0 bridgehead atoms. The van der Waals surface area contributed by atoms with Gasteiger partial charge in [-0.15, -0.1) is 0 Å². The molecule has 1 aromatic heterocycles. The number of H-pyrrole nitrogens is 1. The van der Waals surface area contributed by atoms with Gasteiger partial charge in [-0.2, -0.15) is 0 Å². The third kappa shape index (κ3) is 6.91. The molecule has 4 aromatic rings. The summed E-state index contributed by atoms with van der Waals surface area (Å²) in [5.41, 5.74) is 4.02. The molecule has 2 aliphatic carbocycles. The van der Waals surface area contributed by atoms with Crippen LogP contribution in [0.2, 0.25) is 0 Å². The first kappa shape index (κ1) is 33.7. The molecule has 3 aliphatic rings. The summed E-state index contributed by atoms with van der Waals surface area (Å²) in [5.74, 6) is 0.352. The van der Waals surface area contributed by atoms with Gasteiger partial charge in [-0.05, 0) is 76.3 Å². The number of nitrogens with zero attached hydrogens (tertiary/aromatic N) is 1. The zero-order chi connectivity index (χ0) is 30.5. The molecule has 5 nitrogen and oxygen atoms in total. The minimum Gasteiger partial charge on any atom is -0.468 e. The number of rotatable bonds is 6. The number of hydrogen-bond donors (Lipinski definition) is 1. The number of aromatic nitrogens is 1. The second-order valence-corrected chi connectivity index (χ2v) is 13.9. The van der Waals surface area contributed by atoms with Crippen molar-refractivity contribution in [3.05, 3.63) is 159 Å². The monoisotopic (exact) mass is 656 g/mol. The van der Waals surface area contributed by atoms with Crippen LogP contribution in [0.4, 0.5) is 0 Å². The predicted octanol–water partition coefficient (Wildman–Crippen LogP) is 6.44. The number of para-hydroxylation sites is 1. The van der Waals surface area contributed by atoms with Crippen LogP contribution in [0.15, 0.2) is 84.9 Å². The van der Waals surface area contributed by atoms with E-state index in [4.69, 9.17) is 4.74 Å². The molecule has 45 heavy (non-hydrogen) atoms. The van der Waals surface area contributed by atoms with Gasteiger partial charge in [-0.25, -0.2) is 0 Å². The molecule has 228 valence electrons. The summed E-state index contributed by atoms with van der Waals surface area (Å²) in [6.07, 6.45) is 16.9. The van der Waals surface area contributed by atoms with Crippen LogP contribution in [0.25, 0.3) is 10.9 Å². The molecule has 3 aromatic carbocycles. The van der Waals surface area contributed by atoms with E-state index in [1.54, 1.807) is 0 Å². The smallest absolute Gasteiger partial charge is 0.468 e. The summed E-state index contributed by atoms with van der Waals surface area (Å²) < 4.78 is 20.4. The second kappa shape index (κ2) is 15.3. The Balaban J connectivity index is 0.000000609. The SMILES string of the molecule is COC(=O)C1CN([C@@H](C)[C]2[CH][CH][CH][C]2P(=O)(c2ccccc2)c2ccccc2)CCc2c1[nH]c1ccccc21.[CH]1[CH][CH][CH][CH]1.[Fe+2]. The van der Waals surface area contributed by atoms with Gasteiger partial charge in [0, 0.05) is 52.3 Å². The largest absolute Gasteiger partial charge is 2.00 e. The van der Waals surface area contributed by atoms with Crippen LogP contribution in [0.5, 0.6) is 0 Å². The van der Waals surface area contributed by atoms with Crippen molar-refractivity contribution in [2.24, 2.45) is 0 Å². The number of aromatic amines is 1. The summed E-state index contributed by atoms with van der Waals surface area (Å²) in [6, 6.07) is 27.7. The van der Waals surface area contributed by atoms with Crippen LogP contribution in [0, 0.1) is 62.9 Å². The molecule has 10 radical (unpaired) electrons. The summed E-state index contributed by atoms with van der Waals surface area (Å²) in [7, 11) is -1.67. The third-order valence-corrected chi connectivity index (χ3v) is 11.8. The van der Waals surface area contributed by atoms with E-state index in [-0.39, 0.29) is 29.1 Å². The van der Waals surface area contributed by atoms with Gasteiger partial charge in [0.15, 0.2) is 7.14 Å². The molecule has 1 unspecified atom stereocenters. The molecular weight excluding hydrogens is 619 g/mol. The minimum absolute atomic E-state index is 0. The minimum atomic E-state index is -3.13. The van der Waals surface area contributed by atoms with Crippen LogP contribution in [0.1, 0.15) is 24.1 Å². The van der Waals surface area contributed by atoms with Crippen molar-refractivity contribution < 1.29 is 31.2 Å². The quantitative estimate of drug-likeness (QED) is 0.148. The van der Waals surface area contributed by atoms with Crippen molar-refractivity contribution in [1.29, 1.82) is 0 Å². The number of ether oxygens (including phenoxy) is 1. The first-order chi connectivity index (χ1) is 21.5. The maximum absolute atomic E-state index is 15.2. The molecule has 7 heteroatoms. The van der Waals surface area contributed by atoms with Crippen molar-refractivity contribution in [2.45, 2.75) is 25.3 Å². The van der Waals surface area contributed by atoms with E-state index in [9.17, 15) is 4.79 Å². The average Bonchev–Trinajstić information content (AvgIpc) is 3.86. The van der Waals surface area contributed by atoms with Gasteiger partial charge in [0.25, 0.3) is 0 Å². The molecule has 7 rings (SSSR count). The van der Waals surface area contributed by atoms with E-state index in [2.05, 4.69) is 35.4 Å². The third-order valence-electron chi connectivity index (χ3n) is 8.70. The van der Waals surface area contributed by atoms with Crippen molar-refractivity contribution >= 4 is 34.6 Å². The maximum atomic E-state index is 15.2. The molecule has 2 heterocycles. The molecule has 2 fully saturated rings. The molecule has 0 spiro atoms. The Morgan fingerprint density at radius 1 is 0.844 bits per heavy atom. The van der Waals surface area contributed by atoms with Gasteiger partial charge >= 0.3 is 23.0 Å². The fraction of sp³-hybridized carbons (Fsp3) is 0.184. The Kier molecular flexibility index (Phi) is 11.5. The number of hydrogen-bond acceptors (Lipinski definition) is 4. The summed E-state index contributed by atoms with van der Waals surface area (Å²) in [4.78, 5) is 19.0. The van der Waals surface area contributed by atoms with Gasteiger partial charge < -0.3 is 14.3 Å². The van der Waals surface area contributed by atoms with Crippen LogP contribution in [-0.4, -0.2) is 42.1 Å². The molecule has 1 N–H and O–H groups in total. The topological polar surface area (TPSA) is 62.4 Å². The summed E-state index contributed by atoms with van der Waals surface area (Å²) in [6.45, 7) is 3.44. The first-order valence-electron chi connectivity index (χ1n) is 15.1. The zero-order valence-electron chi connectivity index (χ0n) is 25.5. The van der Waals surface area contributed by atoms with E-state index >= 15 is 4.57 Å². The molecule has 0 amide bonds. The molecule has 1 aliphatic heterocycles. The van der Waals surface area contributed by atoms with Crippen molar-refractivity contribution in [2.75, 3.05) is 20.2 Å². The van der Waals surface area contributed by atoms with Crippen LogP contribution in [0.3, 0.4) is 0 Å². The second-order valence-electron chi connectivity index (χ2n) is 11.2. The Labute approximate surface area is 279 Å². The Bertz CT molecular complexity index is 1540. The molecule has 2 saturated carbocycles. The van der Waals surface area contributed by atoms with Crippen LogP contribution < -0.4 is 10.6 Å². The van der Waals surface area contributed by atoms with Crippen molar-refractivity contribution in [1.82, 2.24) is 9.88 Å². The molecule has 2 atom stereocenters. The Morgan fingerprint density at radius 2 is 1.42 bits per heavy atom. The van der Waals surface area contributed by atoms with Gasteiger partial charge in [0.2, 0.25) is 0 Å². The van der Waals surface area contributed by atoms with Gasteiger partial charge in [0.1, 0.15) is 5.92 Å². The van der Waals surface area contributed by atoms with E-state index in [1.165, 1.54) is 12.7 Å². The predicted molar refractivity (Wildman–Crippen MR) is 178 cm³/mol. The average molecular weight is 657 g/mol. The molecule has 0 saturated heterocycles. The van der Waals surface area contributed by atoms with Crippen LogP contribution >= 0.6 is 7.14 Å². The number of carbonyl (C=O) groups excluding carboxylic acids is 1. The van der Waals surface area contributed by atoms with Crippen molar-refractivity contribution in [3.63, 3.8) is 0 Å². The fourth-order valence-electron chi connectivity index (χ4n) is 6.43. The zero-order valence-corrected chi connectivity index (χ0v) is 27.4. The maximum Gasteiger partial charge on any atom is 2.00 e. The number of esters is 1. The van der Waals surface area contributed by atoms with Gasteiger partial charge in [-0.3, -0.25) is 9.69 Å². The van der Waals surface area contributed by atoms with E-state index < -0.39 is 13.1 Å². The Hall–Kier alpha value is -2.62. The van der Waals surface area contributed by atoms with Gasteiger partial charge in [-0.1, -0.05) is 78.9 Å². The standard InChI is InChI=1S/C33H32N2O3P.C5H5.Fe/c1-23(35-21-20-28-27-16-9-10-18-30(27)34-32(28)29(22-35)33(36)38-2)26-17-11-19-31(26)39(37,24-12-5-3-6-13-24)25-14-7-4-8-15-25;1-2-4-5-3-1;/h3-19,23,29,34H,20-22H2,1-2H3;1-5H;/q;;+2/t23-,29?;;/m0../s1. The van der Waals surface area contributed by atoms with Crippen LogP contribution in [-0.2, 0) is 37.6 Å². The number of methoxy groups -OCH3 is 1. The Morgan fingerprint density at radius 3 is 2.02 bits per heavy atom. The number of carbonyl (C=O) groups is 1. The first-order valence-corrected chi connectivity index (χ1v) is 16.8. The fourth-order valence-corrected chi connectivity index (χ4v) is 9.39.